The van der Waals surface area contributed by atoms with Crippen molar-refractivity contribution >= 4 is 11.9 Å². The third-order valence-corrected chi connectivity index (χ3v) is 6.48. The predicted molar refractivity (Wildman–Crippen MR) is 130 cm³/mol. The van der Waals surface area contributed by atoms with Gasteiger partial charge < -0.3 is 9.47 Å². The summed E-state index contributed by atoms with van der Waals surface area (Å²) in [5.41, 5.74) is -0.236. The zero-order chi connectivity index (χ0) is 23.7. The molecule has 0 aliphatic heterocycles. The van der Waals surface area contributed by atoms with Crippen LogP contribution in [-0.2, 0) is 19.1 Å². The van der Waals surface area contributed by atoms with E-state index in [1.165, 1.54) is 25.7 Å². The summed E-state index contributed by atoms with van der Waals surface area (Å²) in [6.45, 7) is 16.2. The molecular formula is C27H52O4. The number of ether oxygens (including phenoxy) is 2. The minimum atomic E-state index is -0.429. The molecular weight excluding hydrogens is 388 g/mol. The molecule has 2 unspecified atom stereocenters. The van der Waals surface area contributed by atoms with Crippen molar-refractivity contribution in [1.29, 1.82) is 0 Å². The van der Waals surface area contributed by atoms with Crippen LogP contribution in [0, 0.1) is 23.2 Å². The minimum Gasteiger partial charge on any atom is -0.466 e. The van der Waals surface area contributed by atoms with Crippen LogP contribution in [0.3, 0.4) is 0 Å². The Labute approximate surface area is 193 Å². The monoisotopic (exact) mass is 440 g/mol. The van der Waals surface area contributed by atoms with Crippen molar-refractivity contribution in [3.63, 3.8) is 0 Å². The molecule has 31 heavy (non-hydrogen) atoms. The highest BCUT2D eigenvalue weighted by atomic mass is 16.5. The number of hydrogen-bond acceptors (Lipinski definition) is 4. The Hall–Kier alpha value is -1.06. The summed E-state index contributed by atoms with van der Waals surface area (Å²) in [4.78, 5) is 25.5. The zero-order valence-corrected chi connectivity index (χ0v) is 21.8. The lowest BCUT2D eigenvalue weighted by Crippen LogP contribution is -2.36. The molecule has 0 aliphatic rings. The maximum atomic E-state index is 12.9. The van der Waals surface area contributed by atoms with Gasteiger partial charge in [-0.2, -0.15) is 0 Å². The molecule has 0 aromatic heterocycles. The van der Waals surface area contributed by atoms with Crippen molar-refractivity contribution in [3.05, 3.63) is 0 Å². The van der Waals surface area contributed by atoms with Gasteiger partial charge in [0.05, 0.1) is 25.6 Å². The largest absolute Gasteiger partial charge is 0.466 e. The maximum absolute atomic E-state index is 12.9. The third kappa shape index (κ3) is 14.6. The summed E-state index contributed by atoms with van der Waals surface area (Å²) in [5.74, 6) is 0.512. The fraction of sp³-hybridized carbons (Fsp3) is 0.926. The summed E-state index contributed by atoms with van der Waals surface area (Å²) in [6.07, 6.45) is 11.6. The first-order chi connectivity index (χ1) is 14.7. The van der Waals surface area contributed by atoms with Gasteiger partial charge in [0, 0.05) is 0 Å². The van der Waals surface area contributed by atoms with Gasteiger partial charge in [0.1, 0.15) is 0 Å². The topological polar surface area (TPSA) is 52.6 Å². The van der Waals surface area contributed by atoms with Crippen LogP contribution in [0.2, 0.25) is 0 Å². The average molecular weight is 441 g/mol. The molecule has 0 rings (SSSR count). The molecule has 0 aliphatic carbocycles. The molecule has 0 radical (unpaired) electrons. The lowest BCUT2D eigenvalue weighted by atomic mass is 9.70. The summed E-state index contributed by atoms with van der Waals surface area (Å²) in [5, 5.41) is 0. The van der Waals surface area contributed by atoms with Gasteiger partial charge in [0.15, 0.2) is 0 Å². The van der Waals surface area contributed by atoms with Crippen LogP contribution in [0.15, 0.2) is 0 Å². The van der Waals surface area contributed by atoms with Gasteiger partial charge in [-0.25, -0.2) is 0 Å². The molecule has 0 saturated heterocycles. The molecule has 4 nitrogen and oxygen atoms in total. The van der Waals surface area contributed by atoms with Gasteiger partial charge in [-0.05, 0) is 42.9 Å². The Bertz CT molecular complexity index is 472. The second-order valence-electron chi connectivity index (χ2n) is 10.4. The van der Waals surface area contributed by atoms with Crippen LogP contribution in [0.5, 0.6) is 0 Å². The first kappa shape index (κ1) is 29.9. The van der Waals surface area contributed by atoms with Crippen LogP contribution in [-0.4, -0.2) is 25.2 Å². The molecule has 184 valence electrons. The van der Waals surface area contributed by atoms with Gasteiger partial charge in [0.25, 0.3) is 0 Å². The summed E-state index contributed by atoms with van der Waals surface area (Å²) < 4.78 is 11.1. The van der Waals surface area contributed by atoms with Crippen LogP contribution >= 0.6 is 0 Å². The summed E-state index contributed by atoms with van der Waals surface area (Å²) in [6, 6.07) is 0. The number of carbonyl (C=O) groups excluding carboxylic acids is 2. The number of rotatable bonds is 19. The second-order valence-corrected chi connectivity index (χ2v) is 10.4. The van der Waals surface area contributed by atoms with Crippen molar-refractivity contribution in [3.8, 4) is 0 Å². The molecule has 0 aromatic rings. The van der Waals surface area contributed by atoms with E-state index in [0.29, 0.717) is 19.1 Å². The molecule has 0 saturated carbocycles. The van der Waals surface area contributed by atoms with E-state index in [0.717, 1.165) is 50.9 Å². The quantitative estimate of drug-likeness (QED) is 0.152. The number of carbonyl (C=O) groups is 2. The molecule has 0 fully saturated rings. The molecule has 0 heterocycles. The average Bonchev–Trinajstić information content (AvgIpc) is 2.70. The SMILES string of the molecule is CCCC(C)(CC)C(CC(=O)OCCCCCC(C)C)C(=O)OCCCCCC(C)C. The Kier molecular flexibility index (Phi) is 16.9. The van der Waals surface area contributed by atoms with Crippen LogP contribution < -0.4 is 0 Å². The fourth-order valence-corrected chi connectivity index (χ4v) is 4.13. The third-order valence-electron chi connectivity index (χ3n) is 6.48. The van der Waals surface area contributed by atoms with E-state index in [1.807, 2.05) is 0 Å². The van der Waals surface area contributed by atoms with E-state index in [4.69, 9.17) is 9.47 Å². The Morgan fingerprint density at radius 3 is 1.74 bits per heavy atom. The number of esters is 2. The maximum Gasteiger partial charge on any atom is 0.310 e. The van der Waals surface area contributed by atoms with Crippen LogP contribution in [0.25, 0.3) is 0 Å². The molecule has 0 amide bonds. The van der Waals surface area contributed by atoms with E-state index in [-0.39, 0.29) is 23.8 Å². The molecule has 0 N–H and O–H groups in total. The van der Waals surface area contributed by atoms with Crippen LogP contribution in [0.4, 0.5) is 0 Å². The molecule has 0 bridgehead atoms. The minimum absolute atomic E-state index is 0.127. The normalized spacial score (nSPS) is 14.5. The van der Waals surface area contributed by atoms with Crippen molar-refractivity contribution in [1.82, 2.24) is 0 Å². The van der Waals surface area contributed by atoms with E-state index in [2.05, 4.69) is 48.5 Å². The zero-order valence-electron chi connectivity index (χ0n) is 21.8. The first-order valence-corrected chi connectivity index (χ1v) is 13.0. The Balaban J connectivity index is 4.62. The molecule has 2 atom stereocenters. The highest BCUT2D eigenvalue weighted by Gasteiger charge is 2.40. The lowest BCUT2D eigenvalue weighted by Gasteiger charge is -2.35. The predicted octanol–water partition coefficient (Wildman–Crippen LogP) is 7.73. The number of hydrogen-bond donors (Lipinski definition) is 0. The number of unbranched alkanes of at least 4 members (excludes halogenated alkanes) is 4. The van der Waals surface area contributed by atoms with Crippen molar-refractivity contribution in [2.75, 3.05) is 13.2 Å². The lowest BCUT2D eigenvalue weighted by molar-refractivity contribution is -0.160. The fourth-order valence-electron chi connectivity index (χ4n) is 4.13. The standard InChI is InChI=1S/C27H52O4/c1-8-18-27(7,9-2)24(26(29)31-20-15-11-13-17-23(5)6)21-25(28)30-19-14-10-12-16-22(3)4/h22-24H,8-21H2,1-7H3. The van der Waals surface area contributed by atoms with E-state index >= 15 is 0 Å². The van der Waals surface area contributed by atoms with Crippen molar-refractivity contribution < 1.29 is 19.1 Å². The highest BCUT2D eigenvalue weighted by Crippen LogP contribution is 2.39. The van der Waals surface area contributed by atoms with Crippen molar-refractivity contribution in [2.24, 2.45) is 23.2 Å². The van der Waals surface area contributed by atoms with Gasteiger partial charge in [-0.15, -0.1) is 0 Å². The van der Waals surface area contributed by atoms with Gasteiger partial charge >= 0.3 is 11.9 Å². The molecule has 0 spiro atoms. The van der Waals surface area contributed by atoms with E-state index in [9.17, 15) is 9.59 Å². The highest BCUT2D eigenvalue weighted by molar-refractivity contribution is 5.80. The summed E-state index contributed by atoms with van der Waals surface area (Å²) >= 11 is 0. The van der Waals surface area contributed by atoms with Gasteiger partial charge in [0.2, 0.25) is 0 Å². The van der Waals surface area contributed by atoms with E-state index < -0.39 is 5.92 Å². The summed E-state index contributed by atoms with van der Waals surface area (Å²) in [7, 11) is 0. The first-order valence-electron chi connectivity index (χ1n) is 13.0. The molecule has 4 heteroatoms. The molecule has 0 aromatic carbocycles. The van der Waals surface area contributed by atoms with Gasteiger partial charge in [-0.3, -0.25) is 9.59 Å². The second kappa shape index (κ2) is 17.5. The smallest absolute Gasteiger partial charge is 0.310 e. The van der Waals surface area contributed by atoms with Crippen molar-refractivity contribution in [2.45, 2.75) is 126 Å². The Morgan fingerprint density at radius 1 is 0.774 bits per heavy atom. The van der Waals surface area contributed by atoms with E-state index in [1.54, 1.807) is 0 Å². The van der Waals surface area contributed by atoms with Crippen LogP contribution in [0.1, 0.15) is 126 Å². The Morgan fingerprint density at radius 2 is 1.29 bits per heavy atom. The van der Waals surface area contributed by atoms with Gasteiger partial charge in [-0.1, -0.05) is 93.4 Å².